The van der Waals surface area contributed by atoms with E-state index in [4.69, 9.17) is 5.53 Å². The highest BCUT2D eigenvalue weighted by Gasteiger charge is 2.01. The third kappa shape index (κ3) is 1.19. The molecule has 64 valence electrons. The molecule has 0 saturated carbocycles. The predicted octanol–water partition coefficient (Wildman–Crippen LogP) is 1.98. The molecule has 0 aliphatic heterocycles. The van der Waals surface area contributed by atoms with Gasteiger partial charge in [0.05, 0.1) is 0 Å². The van der Waals surface area contributed by atoms with Gasteiger partial charge >= 0.3 is 0 Å². The number of pyridine rings is 1. The number of hydrogen-bond donors (Lipinski definition) is 0. The Morgan fingerprint density at radius 3 is 3.08 bits per heavy atom. The monoisotopic (exact) mass is 174 g/mol. The summed E-state index contributed by atoms with van der Waals surface area (Å²) in [5.41, 5.74) is 9.81. The Morgan fingerprint density at radius 1 is 1.54 bits per heavy atom. The molecule has 0 radical (unpaired) electrons. The predicted molar refractivity (Wildman–Crippen MR) is 46.5 cm³/mol. The first-order chi connectivity index (χ1) is 6.31. The Hall–Kier alpha value is -2.07. The standard InChI is InChI=1S/C7H6N6/c1-5-3-2-4-6-9-7(10-12-8)11-13(5)6/h2-4H,1H3. The highest BCUT2D eigenvalue weighted by Crippen LogP contribution is 2.09. The molecule has 6 heteroatoms. The maximum Gasteiger partial charge on any atom is 0.238 e. The van der Waals surface area contributed by atoms with Crippen molar-refractivity contribution in [3.63, 3.8) is 0 Å². The Labute approximate surface area is 73.5 Å². The number of hydrogen-bond acceptors (Lipinski definition) is 3. The number of fused-ring (bicyclic) bond motifs is 1. The van der Waals surface area contributed by atoms with Crippen molar-refractivity contribution in [3.8, 4) is 0 Å². The number of aromatic nitrogens is 3. The lowest BCUT2D eigenvalue weighted by atomic mass is 10.4. The van der Waals surface area contributed by atoms with Gasteiger partial charge in [-0.3, -0.25) is 0 Å². The maximum absolute atomic E-state index is 8.18. The largest absolute Gasteiger partial charge is 0.238 e. The fraction of sp³-hybridized carbons (Fsp3) is 0.143. The topological polar surface area (TPSA) is 79.0 Å². The van der Waals surface area contributed by atoms with E-state index in [0.29, 0.717) is 5.65 Å². The molecule has 0 aliphatic carbocycles. The molecule has 0 atom stereocenters. The van der Waals surface area contributed by atoms with Gasteiger partial charge in [-0.2, -0.15) is 0 Å². The number of aryl methyl sites for hydroxylation is 1. The van der Waals surface area contributed by atoms with Crippen LogP contribution >= 0.6 is 0 Å². The Bertz CT molecular complexity index is 493. The minimum Gasteiger partial charge on any atom is -0.218 e. The van der Waals surface area contributed by atoms with Crippen molar-refractivity contribution in [2.45, 2.75) is 6.92 Å². The Morgan fingerprint density at radius 2 is 2.38 bits per heavy atom. The molecular weight excluding hydrogens is 168 g/mol. The van der Waals surface area contributed by atoms with Crippen LogP contribution in [0.25, 0.3) is 16.1 Å². The molecule has 0 aromatic carbocycles. The van der Waals surface area contributed by atoms with Crippen molar-refractivity contribution in [2.24, 2.45) is 5.11 Å². The summed E-state index contributed by atoms with van der Waals surface area (Å²) < 4.78 is 1.63. The number of rotatable bonds is 1. The first kappa shape index (κ1) is 7.57. The summed E-state index contributed by atoms with van der Waals surface area (Å²) in [7, 11) is 0. The highest BCUT2D eigenvalue weighted by atomic mass is 15.4. The lowest BCUT2D eigenvalue weighted by Gasteiger charge is -1.93. The van der Waals surface area contributed by atoms with E-state index in [1.165, 1.54) is 0 Å². The molecule has 0 bridgehead atoms. The second-order valence-corrected chi connectivity index (χ2v) is 2.54. The third-order valence-corrected chi connectivity index (χ3v) is 1.67. The number of azide groups is 1. The molecular formula is C7H6N6. The summed E-state index contributed by atoms with van der Waals surface area (Å²) in [6.07, 6.45) is 0. The van der Waals surface area contributed by atoms with E-state index in [2.05, 4.69) is 20.1 Å². The van der Waals surface area contributed by atoms with Crippen LogP contribution in [-0.2, 0) is 0 Å². The summed E-state index contributed by atoms with van der Waals surface area (Å²) in [5, 5.41) is 7.31. The second kappa shape index (κ2) is 2.76. The van der Waals surface area contributed by atoms with Crippen molar-refractivity contribution in [2.75, 3.05) is 0 Å². The van der Waals surface area contributed by atoms with Crippen LogP contribution in [0.2, 0.25) is 0 Å². The van der Waals surface area contributed by atoms with E-state index in [9.17, 15) is 0 Å². The lowest BCUT2D eigenvalue weighted by Crippen LogP contribution is -1.90. The summed E-state index contributed by atoms with van der Waals surface area (Å²) in [6, 6.07) is 5.58. The Kier molecular flexibility index (Phi) is 1.61. The van der Waals surface area contributed by atoms with Crippen molar-refractivity contribution < 1.29 is 0 Å². The fourth-order valence-corrected chi connectivity index (χ4v) is 1.11. The first-order valence-electron chi connectivity index (χ1n) is 3.69. The third-order valence-electron chi connectivity index (χ3n) is 1.67. The molecule has 6 nitrogen and oxygen atoms in total. The van der Waals surface area contributed by atoms with Crippen molar-refractivity contribution >= 4 is 11.6 Å². The van der Waals surface area contributed by atoms with Gasteiger partial charge in [0.15, 0.2) is 5.65 Å². The van der Waals surface area contributed by atoms with Gasteiger partial charge in [0, 0.05) is 10.6 Å². The quantitative estimate of drug-likeness (QED) is 0.376. The summed E-state index contributed by atoms with van der Waals surface area (Å²) in [5.74, 6) is 0.150. The Balaban J connectivity index is 2.75. The fourth-order valence-electron chi connectivity index (χ4n) is 1.11. The highest BCUT2D eigenvalue weighted by molar-refractivity contribution is 5.42. The van der Waals surface area contributed by atoms with Crippen LogP contribution < -0.4 is 0 Å². The minimum atomic E-state index is 0.150. The molecule has 0 fully saturated rings. The van der Waals surface area contributed by atoms with Crippen LogP contribution in [0.1, 0.15) is 5.69 Å². The SMILES string of the molecule is Cc1cccc2nc(N=[N+]=[N-])nn12. The van der Waals surface area contributed by atoms with Gasteiger partial charge < -0.3 is 0 Å². The van der Waals surface area contributed by atoms with Crippen LogP contribution in [-0.4, -0.2) is 14.6 Å². The van der Waals surface area contributed by atoms with E-state index in [1.807, 2.05) is 19.1 Å². The minimum absolute atomic E-state index is 0.150. The van der Waals surface area contributed by atoms with Crippen molar-refractivity contribution in [1.82, 2.24) is 14.6 Å². The molecule has 2 aromatic heterocycles. The van der Waals surface area contributed by atoms with E-state index < -0.39 is 0 Å². The average Bonchev–Trinajstić information content (AvgIpc) is 2.49. The molecule has 0 N–H and O–H groups in total. The summed E-state index contributed by atoms with van der Waals surface area (Å²) in [4.78, 5) is 6.61. The van der Waals surface area contributed by atoms with E-state index in [-0.39, 0.29) is 5.95 Å². The van der Waals surface area contributed by atoms with Gasteiger partial charge in [-0.05, 0) is 29.7 Å². The normalized spacial score (nSPS) is 9.92. The molecule has 2 rings (SSSR count). The van der Waals surface area contributed by atoms with Crippen LogP contribution in [0, 0.1) is 6.92 Å². The smallest absolute Gasteiger partial charge is 0.218 e. The molecule has 0 unspecified atom stereocenters. The van der Waals surface area contributed by atoms with Gasteiger partial charge in [-0.25, -0.2) is 9.50 Å². The van der Waals surface area contributed by atoms with Gasteiger partial charge in [-0.15, -0.1) is 5.10 Å². The van der Waals surface area contributed by atoms with Gasteiger partial charge in [0.1, 0.15) is 0 Å². The van der Waals surface area contributed by atoms with E-state index in [0.717, 1.165) is 5.69 Å². The van der Waals surface area contributed by atoms with Crippen molar-refractivity contribution in [3.05, 3.63) is 34.3 Å². The maximum atomic E-state index is 8.18. The van der Waals surface area contributed by atoms with Crippen LogP contribution in [0.3, 0.4) is 0 Å². The van der Waals surface area contributed by atoms with Crippen LogP contribution in [0.5, 0.6) is 0 Å². The van der Waals surface area contributed by atoms with Crippen LogP contribution in [0.15, 0.2) is 23.3 Å². The molecule has 0 saturated heterocycles. The molecule has 13 heavy (non-hydrogen) atoms. The molecule has 0 spiro atoms. The van der Waals surface area contributed by atoms with Crippen LogP contribution in [0.4, 0.5) is 5.95 Å². The van der Waals surface area contributed by atoms with Crippen molar-refractivity contribution in [1.29, 1.82) is 0 Å². The van der Waals surface area contributed by atoms with E-state index >= 15 is 0 Å². The molecule has 2 aromatic rings. The average molecular weight is 174 g/mol. The van der Waals surface area contributed by atoms with Gasteiger partial charge in [-0.1, -0.05) is 6.07 Å². The summed E-state index contributed by atoms with van der Waals surface area (Å²) in [6.45, 7) is 1.90. The number of nitrogens with zero attached hydrogens (tertiary/aromatic N) is 6. The second-order valence-electron chi connectivity index (χ2n) is 2.54. The van der Waals surface area contributed by atoms with E-state index in [1.54, 1.807) is 10.6 Å². The zero-order valence-corrected chi connectivity index (χ0v) is 6.92. The zero-order chi connectivity index (χ0) is 9.26. The zero-order valence-electron chi connectivity index (χ0n) is 6.92. The molecule has 0 amide bonds. The van der Waals surface area contributed by atoms with Gasteiger partial charge in [0.2, 0.25) is 5.95 Å². The molecule has 0 aliphatic rings. The van der Waals surface area contributed by atoms with Gasteiger partial charge in [0.25, 0.3) is 0 Å². The summed E-state index contributed by atoms with van der Waals surface area (Å²) >= 11 is 0. The first-order valence-corrected chi connectivity index (χ1v) is 3.69. The molecule has 2 heterocycles. The lowest BCUT2D eigenvalue weighted by molar-refractivity contribution is 0.913.